The van der Waals surface area contributed by atoms with Gasteiger partial charge in [-0.3, -0.25) is 0 Å². The largest absolute Gasteiger partial charge is 0.490 e. The van der Waals surface area contributed by atoms with Gasteiger partial charge in [0, 0.05) is 19.4 Å². The smallest absolute Gasteiger partial charge is 0.173 e. The van der Waals surface area contributed by atoms with E-state index in [0.717, 1.165) is 55.6 Å². The summed E-state index contributed by atoms with van der Waals surface area (Å²) in [6.07, 6.45) is 11.5. The van der Waals surface area contributed by atoms with Crippen LogP contribution in [0.2, 0.25) is 0 Å². The first-order valence-electron chi connectivity index (χ1n) is 12.5. The standard InChI is InChI=1S/C25H38N2O4/c1-2-5-19(6-3-1)17-27-13-9-20(10-14-27)18-29-25-24-22(7-4-8-23(24)31-26-25)30-21-11-15-28-16-12-21/h4,7-8,19-21,25-26H,1-3,5-6,9-18H2. The first-order chi connectivity index (χ1) is 15.3. The van der Waals surface area contributed by atoms with Crippen molar-refractivity contribution in [2.45, 2.75) is 70.1 Å². The number of likely N-dealkylation sites (tertiary alicyclic amines) is 1. The molecule has 0 bridgehead atoms. The third kappa shape index (κ3) is 5.54. The van der Waals surface area contributed by atoms with Crippen LogP contribution in [0.3, 0.4) is 0 Å². The van der Waals surface area contributed by atoms with E-state index >= 15 is 0 Å². The molecule has 6 heteroatoms. The molecule has 2 saturated heterocycles. The van der Waals surface area contributed by atoms with Gasteiger partial charge in [-0.05, 0) is 62.7 Å². The van der Waals surface area contributed by atoms with Crippen LogP contribution in [-0.4, -0.2) is 50.5 Å². The highest BCUT2D eigenvalue weighted by atomic mass is 16.7. The Kier molecular flexibility index (Phi) is 7.30. The van der Waals surface area contributed by atoms with Crippen LogP contribution < -0.4 is 15.1 Å². The third-order valence-electron chi connectivity index (χ3n) is 7.47. The van der Waals surface area contributed by atoms with Gasteiger partial charge in [-0.2, -0.15) is 0 Å². The predicted octanol–water partition coefficient (Wildman–Crippen LogP) is 4.45. The van der Waals surface area contributed by atoms with Gasteiger partial charge >= 0.3 is 0 Å². The second-order valence-corrected chi connectivity index (χ2v) is 9.78. The van der Waals surface area contributed by atoms with Crippen LogP contribution in [0.5, 0.6) is 11.5 Å². The van der Waals surface area contributed by atoms with Crippen LogP contribution in [0.15, 0.2) is 18.2 Å². The second-order valence-electron chi connectivity index (χ2n) is 9.78. The van der Waals surface area contributed by atoms with Gasteiger partial charge in [0.05, 0.1) is 25.4 Å². The maximum atomic E-state index is 6.32. The molecule has 1 aromatic rings. The van der Waals surface area contributed by atoms with Crippen molar-refractivity contribution in [3.05, 3.63) is 23.8 Å². The number of nitrogens with one attached hydrogen (secondary N) is 1. The molecule has 1 aromatic carbocycles. The van der Waals surface area contributed by atoms with E-state index in [1.54, 1.807) is 0 Å². The Hall–Kier alpha value is -1.34. The molecule has 1 unspecified atom stereocenters. The number of ether oxygens (including phenoxy) is 3. The summed E-state index contributed by atoms with van der Waals surface area (Å²) in [5, 5.41) is 0. The molecule has 1 atom stereocenters. The molecule has 0 aromatic heterocycles. The summed E-state index contributed by atoms with van der Waals surface area (Å²) in [6.45, 7) is 6.05. The van der Waals surface area contributed by atoms with E-state index in [-0.39, 0.29) is 12.3 Å². The van der Waals surface area contributed by atoms with E-state index in [2.05, 4.69) is 10.4 Å². The number of benzene rings is 1. The predicted molar refractivity (Wildman–Crippen MR) is 119 cm³/mol. The van der Waals surface area contributed by atoms with Crippen molar-refractivity contribution in [3.8, 4) is 11.5 Å². The summed E-state index contributed by atoms with van der Waals surface area (Å²) >= 11 is 0. The summed E-state index contributed by atoms with van der Waals surface area (Å²) in [6, 6.07) is 6.00. The molecule has 3 fully saturated rings. The van der Waals surface area contributed by atoms with Gasteiger partial charge in [-0.15, -0.1) is 5.48 Å². The molecule has 0 radical (unpaired) electrons. The lowest BCUT2D eigenvalue weighted by atomic mass is 9.88. The summed E-state index contributed by atoms with van der Waals surface area (Å²) < 4.78 is 18.1. The van der Waals surface area contributed by atoms with Crippen LogP contribution in [0.25, 0.3) is 0 Å². The fraction of sp³-hybridized carbons (Fsp3) is 0.760. The molecule has 0 spiro atoms. The normalized spacial score (nSPS) is 26.5. The van der Waals surface area contributed by atoms with Crippen LogP contribution in [0.4, 0.5) is 0 Å². The van der Waals surface area contributed by atoms with Gasteiger partial charge in [0.1, 0.15) is 11.9 Å². The molecule has 4 aliphatic rings. The minimum Gasteiger partial charge on any atom is -0.490 e. The van der Waals surface area contributed by atoms with Crippen LogP contribution in [-0.2, 0) is 9.47 Å². The number of hydrogen-bond donors (Lipinski definition) is 1. The molecule has 3 aliphatic heterocycles. The first-order valence-corrected chi connectivity index (χ1v) is 12.5. The van der Waals surface area contributed by atoms with Crippen molar-refractivity contribution >= 4 is 0 Å². The van der Waals surface area contributed by atoms with E-state index < -0.39 is 0 Å². The molecule has 0 amide bonds. The number of fused-ring (bicyclic) bond motifs is 1. The highest BCUT2D eigenvalue weighted by molar-refractivity contribution is 5.48. The van der Waals surface area contributed by atoms with E-state index in [4.69, 9.17) is 19.0 Å². The van der Waals surface area contributed by atoms with Crippen LogP contribution in [0.1, 0.15) is 69.6 Å². The summed E-state index contributed by atoms with van der Waals surface area (Å²) in [4.78, 5) is 8.39. The molecule has 1 aliphatic carbocycles. The number of rotatable bonds is 7. The van der Waals surface area contributed by atoms with Gasteiger partial charge in [-0.25, -0.2) is 0 Å². The Morgan fingerprint density at radius 2 is 1.74 bits per heavy atom. The van der Waals surface area contributed by atoms with Crippen molar-refractivity contribution in [2.24, 2.45) is 11.8 Å². The van der Waals surface area contributed by atoms with Crippen LogP contribution >= 0.6 is 0 Å². The minimum atomic E-state index is -0.258. The quantitative estimate of drug-likeness (QED) is 0.690. The maximum absolute atomic E-state index is 6.32. The monoisotopic (exact) mass is 430 g/mol. The number of hydrogen-bond acceptors (Lipinski definition) is 6. The van der Waals surface area contributed by atoms with Gasteiger partial charge in [0.15, 0.2) is 12.0 Å². The van der Waals surface area contributed by atoms with E-state index in [9.17, 15) is 0 Å². The zero-order valence-corrected chi connectivity index (χ0v) is 18.7. The highest BCUT2D eigenvalue weighted by Gasteiger charge is 2.31. The second kappa shape index (κ2) is 10.5. The number of hydroxylamine groups is 1. The lowest BCUT2D eigenvalue weighted by molar-refractivity contribution is -0.0423. The molecular weight excluding hydrogens is 392 g/mol. The molecule has 5 rings (SSSR count). The zero-order valence-electron chi connectivity index (χ0n) is 18.7. The molecule has 6 nitrogen and oxygen atoms in total. The fourth-order valence-electron chi connectivity index (χ4n) is 5.54. The van der Waals surface area contributed by atoms with Gasteiger partial charge in [-0.1, -0.05) is 25.3 Å². The third-order valence-corrected chi connectivity index (χ3v) is 7.47. The van der Waals surface area contributed by atoms with Crippen molar-refractivity contribution in [2.75, 3.05) is 39.5 Å². The first kappa shape index (κ1) is 21.5. The minimum absolute atomic E-state index is 0.204. The molecule has 3 heterocycles. The lowest BCUT2D eigenvalue weighted by Gasteiger charge is -2.35. The Balaban J connectivity index is 1.11. The molecule has 31 heavy (non-hydrogen) atoms. The summed E-state index contributed by atoms with van der Waals surface area (Å²) in [7, 11) is 0. The molecule has 1 N–H and O–H groups in total. The Morgan fingerprint density at radius 3 is 2.55 bits per heavy atom. The van der Waals surface area contributed by atoms with Crippen molar-refractivity contribution in [3.63, 3.8) is 0 Å². The lowest BCUT2D eigenvalue weighted by Crippen LogP contribution is -2.39. The van der Waals surface area contributed by atoms with Crippen molar-refractivity contribution in [1.29, 1.82) is 0 Å². The maximum Gasteiger partial charge on any atom is 0.173 e. The summed E-state index contributed by atoms with van der Waals surface area (Å²) in [5.41, 5.74) is 4.07. The average Bonchev–Trinajstić information content (AvgIpc) is 3.24. The summed E-state index contributed by atoms with van der Waals surface area (Å²) in [5.74, 6) is 3.25. The molecule has 1 saturated carbocycles. The van der Waals surface area contributed by atoms with Gasteiger partial charge in [0.2, 0.25) is 0 Å². The number of piperidine rings is 1. The van der Waals surface area contributed by atoms with Crippen molar-refractivity contribution < 1.29 is 19.0 Å². The highest BCUT2D eigenvalue weighted by Crippen LogP contribution is 2.40. The Labute approximate surface area is 186 Å². The fourth-order valence-corrected chi connectivity index (χ4v) is 5.54. The topological polar surface area (TPSA) is 52.2 Å². The SMILES string of the molecule is c1cc2c(c(OC3CCOCC3)c1)C(OCC1CCN(CC3CCCCC3)CC1)NO2. The number of nitrogens with zero attached hydrogens (tertiary/aromatic N) is 1. The van der Waals surface area contributed by atoms with E-state index in [0.29, 0.717) is 5.92 Å². The van der Waals surface area contributed by atoms with E-state index in [1.807, 2.05) is 18.2 Å². The molecular formula is C25H38N2O4. The zero-order chi connectivity index (χ0) is 20.9. The Morgan fingerprint density at radius 1 is 0.935 bits per heavy atom. The Bertz CT molecular complexity index is 695. The van der Waals surface area contributed by atoms with E-state index in [1.165, 1.54) is 64.6 Å². The average molecular weight is 431 g/mol. The van der Waals surface area contributed by atoms with Crippen LogP contribution in [0, 0.1) is 11.8 Å². The van der Waals surface area contributed by atoms with Crippen molar-refractivity contribution in [1.82, 2.24) is 10.4 Å². The van der Waals surface area contributed by atoms with Gasteiger partial charge < -0.3 is 23.9 Å². The molecule has 172 valence electrons. The van der Waals surface area contributed by atoms with Gasteiger partial charge in [0.25, 0.3) is 0 Å².